The van der Waals surface area contributed by atoms with Crippen LogP contribution in [0.4, 0.5) is 11.4 Å². The lowest BCUT2D eigenvalue weighted by Gasteiger charge is -2.06. The highest BCUT2D eigenvalue weighted by Crippen LogP contribution is 2.23. The smallest absolute Gasteiger partial charge is 0.0944 e. The Bertz CT molecular complexity index is 740. The quantitative estimate of drug-likeness (QED) is 0.481. The van der Waals surface area contributed by atoms with Gasteiger partial charge >= 0.3 is 0 Å². The molecule has 0 aliphatic rings. The monoisotopic (exact) mass is 260 g/mol. The van der Waals surface area contributed by atoms with Gasteiger partial charge in [-0.05, 0) is 42.8 Å². The maximum Gasteiger partial charge on any atom is 0.0944 e. The number of fused-ring (bicyclic) bond motifs is 2. The summed E-state index contributed by atoms with van der Waals surface area (Å²) in [7, 11) is 0. The van der Waals surface area contributed by atoms with Crippen LogP contribution in [-0.4, -0.2) is 9.97 Å². The van der Waals surface area contributed by atoms with Crippen LogP contribution in [0.2, 0.25) is 0 Å². The zero-order chi connectivity index (χ0) is 12.0. The van der Waals surface area contributed by atoms with Crippen molar-refractivity contribution < 1.29 is 0 Å². The van der Waals surface area contributed by atoms with E-state index in [1.807, 2.05) is 37.3 Å². The highest BCUT2D eigenvalue weighted by molar-refractivity contribution is 5.91. The lowest BCUT2D eigenvalue weighted by Crippen LogP contribution is -1.95. The zero-order valence-electron chi connectivity index (χ0n) is 9.84. The Morgan fingerprint density at radius 3 is 2.39 bits per heavy atom. The molecule has 0 spiro atoms. The van der Waals surface area contributed by atoms with E-state index in [2.05, 4.69) is 9.97 Å². The minimum Gasteiger partial charge on any atom is -0.399 e. The fourth-order valence-electron chi connectivity index (χ4n) is 1.91. The standard InChI is InChI=1S/C13H12N4.ClH/c1-7-9(15)3-5-11-13(7)17-12-6-8(14)2-4-10(12)16-11;/h2-6H,14-15H2,1H3;1H. The third-order valence-corrected chi connectivity index (χ3v) is 2.92. The Kier molecular flexibility index (Phi) is 2.97. The van der Waals surface area contributed by atoms with Crippen molar-refractivity contribution in [2.45, 2.75) is 6.92 Å². The summed E-state index contributed by atoms with van der Waals surface area (Å²) in [6.45, 7) is 1.95. The first-order valence-corrected chi connectivity index (χ1v) is 5.37. The first kappa shape index (κ1) is 12.4. The number of anilines is 2. The molecule has 0 radical (unpaired) electrons. The van der Waals surface area contributed by atoms with Crippen LogP contribution >= 0.6 is 12.4 Å². The van der Waals surface area contributed by atoms with E-state index in [1.54, 1.807) is 0 Å². The van der Waals surface area contributed by atoms with E-state index in [0.717, 1.165) is 33.3 Å². The molecule has 4 N–H and O–H groups in total. The Morgan fingerprint density at radius 2 is 1.61 bits per heavy atom. The van der Waals surface area contributed by atoms with Crippen LogP contribution in [0.1, 0.15) is 5.56 Å². The van der Waals surface area contributed by atoms with Gasteiger partial charge in [0.15, 0.2) is 0 Å². The van der Waals surface area contributed by atoms with Gasteiger partial charge in [-0.2, -0.15) is 0 Å². The largest absolute Gasteiger partial charge is 0.399 e. The molecular weight excluding hydrogens is 248 g/mol. The molecule has 2 aromatic carbocycles. The van der Waals surface area contributed by atoms with Gasteiger partial charge in [-0.25, -0.2) is 9.97 Å². The topological polar surface area (TPSA) is 77.8 Å². The third kappa shape index (κ3) is 1.80. The number of aromatic nitrogens is 2. The Morgan fingerprint density at radius 1 is 0.889 bits per heavy atom. The first-order chi connectivity index (χ1) is 8.15. The fourth-order valence-corrected chi connectivity index (χ4v) is 1.91. The second-order valence-corrected chi connectivity index (χ2v) is 4.12. The van der Waals surface area contributed by atoms with Crippen LogP contribution in [0.15, 0.2) is 30.3 Å². The number of nitrogen functional groups attached to an aromatic ring is 2. The van der Waals surface area contributed by atoms with E-state index in [-0.39, 0.29) is 12.4 Å². The van der Waals surface area contributed by atoms with Gasteiger partial charge in [0.1, 0.15) is 0 Å². The van der Waals surface area contributed by atoms with Crippen LogP contribution < -0.4 is 11.5 Å². The lowest BCUT2D eigenvalue weighted by atomic mass is 10.1. The van der Waals surface area contributed by atoms with Gasteiger partial charge in [-0.1, -0.05) is 0 Å². The predicted octanol–water partition coefficient (Wildman–Crippen LogP) is 2.68. The normalized spacial score (nSPS) is 10.5. The molecule has 0 saturated carbocycles. The summed E-state index contributed by atoms with van der Waals surface area (Å²) in [6.07, 6.45) is 0. The molecule has 92 valence electrons. The highest BCUT2D eigenvalue weighted by atomic mass is 35.5. The molecule has 3 aromatic rings. The van der Waals surface area contributed by atoms with Crippen LogP contribution in [0, 0.1) is 6.92 Å². The van der Waals surface area contributed by atoms with Gasteiger partial charge in [0.25, 0.3) is 0 Å². The zero-order valence-corrected chi connectivity index (χ0v) is 10.7. The van der Waals surface area contributed by atoms with Crippen molar-refractivity contribution in [2.24, 2.45) is 0 Å². The first-order valence-electron chi connectivity index (χ1n) is 5.37. The minimum atomic E-state index is 0. The van der Waals surface area contributed by atoms with Crippen molar-refractivity contribution in [2.75, 3.05) is 11.5 Å². The molecular formula is C13H13ClN4. The van der Waals surface area contributed by atoms with E-state index in [9.17, 15) is 0 Å². The molecule has 18 heavy (non-hydrogen) atoms. The van der Waals surface area contributed by atoms with Gasteiger partial charge in [-0.15, -0.1) is 12.4 Å². The van der Waals surface area contributed by atoms with Crippen molar-refractivity contribution in [3.05, 3.63) is 35.9 Å². The SMILES string of the molecule is Cc1c(N)ccc2nc3ccc(N)cc3nc12.Cl. The molecule has 0 saturated heterocycles. The average Bonchev–Trinajstić information content (AvgIpc) is 2.32. The molecule has 3 rings (SSSR count). The lowest BCUT2D eigenvalue weighted by molar-refractivity contribution is 1.36. The van der Waals surface area contributed by atoms with E-state index in [4.69, 9.17) is 11.5 Å². The second-order valence-electron chi connectivity index (χ2n) is 4.12. The Balaban J connectivity index is 0.00000120. The summed E-state index contributed by atoms with van der Waals surface area (Å²) in [5, 5.41) is 0. The van der Waals surface area contributed by atoms with Crippen LogP contribution in [-0.2, 0) is 0 Å². The fraction of sp³-hybridized carbons (Fsp3) is 0.0769. The Labute approximate surface area is 110 Å². The maximum absolute atomic E-state index is 5.87. The molecule has 0 amide bonds. The summed E-state index contributed by atoms with van der Waals surface area (Å²) < 4.78 is 0. The summed E-state index contributed by atoms with van der Waals surface area (Å²) in [6, 6.07) is 9.27. The summed E-state index contributed by atoms with van der Waals surface area (Å²) >= 11 is 0. The van der Waals surface area contributed by atoms with Gasteiger partial charge in [0, 0.05) is 11.4 Å². The van der Waals surface area contributed by atoms with Gasteiger partial charge in [0.05, 0.1) is 22.1 Å². The number of hydrogen-bond acceptors (Lipinski definition) is 4. The van der Waals surface area contributed by atoms with Crippen LogP contribution in [0.3, 0.4) is 0 Å². The third-order valence-electron chi connectivity index (χ3n) is 2.92. The average molecular weight is 261 g/mol. The molecule has 0 bridgehead atoms. The summed E-state index contributed by atoms with van der Waals surface area (Å²) in [5.41, 5.74) is 17.3. The molecule has 0 fully saturated rings. The number of rotatable bonds is 0. The van der Waals surface area contributed by atoms with Crippen LogP contribution in [0.5, 0.6) is 0 Å². The molecule has 0 aliphatic heterocycles. The van der Waals surface area contributed by atoms with Crippen LogP contribution in [0.25, 0.3) is 22.1 Å². The molecule has 0 atom stereocenters. The van der Waals surface area contributed by atoms with Crippen molar-refractivity contribution in [1.29, 1.82) is 0 Å². The van der Waals surface area contributed by atoms with Gasteiger partial charge in [-0.3, -0.25) is 0 Å². The predicted molar refractivity (Wildman–Crippen MR) is 77.9 cm³/mol. The van der Waals surface area contributed by atoms with Crippen molar-refractivity contribution in [3.63, 3.8) is 0 Å². The minimum absolute atomic E-state index is 0. The molecule has 1 heterocycles. The second kappa shape index (κ2) is 4.31. The number of aryl methyl sites for hydroxylation is 1. The molecule has 1 aromatic heterocycles. The Hall–Kier alpha value is -2.07. The summed E-state index contributed by atoms with van der Waals surface area (Å²) in [5.74, 6) is 0. The van der Waals surface area contributed by atoms with Gasteiger partial charge < -0.3 is 11.5 Å². The highest BCUT2D eigenvalue weighted by Gasteiger charge is 2.06. The van der Waals surface area contributed by atoms with Crippen molar-refractivity contribution in [1.82, 2.24) is 9.97 Å². The molecule has 0 unspecified atom stereocenters. The molecule has 4 nitrogen and oxygen atoms in total. The van der Waals surface area contributed by atoms with E-state index in [1.165, 1.54) is 0 Å². The molecule has 5 heteroatoms. The maximum atomic E-state index is 5.87. The van der Waals surface area contributed by atoms with Gasteiger partial charge in [0.2, 0.25) is 0 Å². The number of halogens is 1. The van der Waals surface area contributed by atoms with Crippen molar-refractivity contribution in [3.8, 4) is 0 Å². The number of nitrogens with two attached hydrogens (primary N) is 2. The number of nitrogens with zero attached hydrogens (tertiary/aromatic N) is 2. The van der Waals surface area contributed by atoms with E-state index >= 15 is 0 Å². The molecule has 0 aliphatic carbocycles. The summed E-state index contributed by atoms with van der Waals surface area (Å²) in [4.78, 5) is 9.12. The van der Waals surface area contributed by atoms with Crippen molar-refractivity contribution >= 4 is 45.8 Å². The van der Waals surface area contributed by atoms with E-state index in [0.29, 0.717) is 5.69 Å². The number of hydrogen-bond donors (Lipinski definition) is 2. The number of benzene rings is 2. The van der Waals surface area contributed by atoms with E-state index < -0.39 is 0 Å².